The van der Waals surface area contributed by atoms with Gasteiger partial charge in [-0.3, -0.25) is 9.10 Å². The van der Waals surface area contributed by atoms with E-state index in [2.05, 4.69) is 5.32 Å². The van der Waals surface area contributed by atoms with Crippen LogP contribution >= 0.6 is 11.8 Å². The molecule has 0 aliphatic heterocycles. The average molecular weight is 427 g/mol. The van der Waals surface area contributed by atoms with E-state index in [0.29, 0.717) is 11.4 Å². The molecule has 0 fully saturated rings. The molecule has 0 unspecified atom stereocenters. The summed E-state index contributed by atoms with van der Waals surface area (Å²) in [7, 11) is -3.91. The van der Waals surface area contributed by atoms with Gasteiger partial charge in [0, 0.05) is 4.90 Å². The number of nitrogens with one attached hydrogen (secondary N) is 1. The van der Waals surface area contributed by atoms with E-state index in [0.717, 1.165) is 14.8 Å². The molecule has 0 radical (unpaired) electrons. The molecular weight excluding hydrogens is 404 g/mol. The van der Waals surface area contributed by atoms with Gasteiger partial charge in [-0.1, -0.05) is 48.5 Å². The number of benzene rings is 3. The maximum Gasteiger partial charge on any atom is 0.264 e. The van der Waals surface area contributed by atoms with Crippen molar-refractivity contribution in [2.45, 2.75) is 16.7 Å². The van der Waals surface area contributed by atoms with Crippen LogP contribution < -0.4 is 9.62 Å². The highest BCUT2D eigenvalue weighted by Gasteiger charge is 2.28. The second kappa shape index (κ2) is 9.15. The van der Waals surface area contributed by atoms with Crippen LogP contribution in [0.3, 0.4) is 0 Å². The highest BCUT2D eigenvalue weighted by atomic mass is 32.2. The first-order chi connectivity index (χ1) is 13.9. The molecule has 1 N–H and O–H groups in total. The van der Waals surface area contributed by atoms with Crippen molar-refractivity contribution in [2.24, 2.45) is 0 Å². The number of carbonyl (C=O) groups excluding carboxylic acids is 1. The Morgan fingerprint density at radius 3 is 2.24 bits per heavy atom. The summed E-state index contributed by atoms with van der Waals surface area (Å²) >= 11 is 1.51. The van der Waals surface area contributed by atoms with Gasteiger partial charge in [0.15, 0.2) is 0 Å². The number of rotatable bonds is 7. The molecule has 0 aliphatic rings. The number of hydrogen-bond acceptors (Lipinski definition) is 4. The minimum Gasteiger partial charge on any atom is -0.323 e. The zero-order valence-corrected chi connectivity index (χ0v) is 17.8. The molecule has 0 heterocycles. The van der Waals surface area contributed by atoms with Crippen LogP contribution in [0.15, 0.2) is 88.7 Å². The Balaban J connectivity index is 1.96. The minimum atomic E-state index is -3.91. The Kier molecular flexibility index (Phi) is 6.61. The lowest BCUT2D eigenvalue weighted by Crippen LogP contribution is -2.38. The maximum absolute atomic E-state index is 13.3. The molecule has 0 bridgehead atoms. The molecule has 0 aliphatic carbocycles. The largest absolute Gasteiger partial charge is 0.323 e. The second-order valence-corrected chi connectivity index (χ2v) is 9.07. The van der Waals surface area contributed by atoms with Crippen molar-refractivity contribution in [3.63, 3.8) is 0 Å². The van der Waals surface area contributed by atoms with Crippen LogP contribution in [0.1, 0.15) is 5.56 Å². The molecule has 0 spiro atoms. The lowest BCUT2D eigenvalue weighted by atomic mass is 10.2. The summed E-state index contributed by atoms with van der Waals surface area (Å²) in [5, 5.41) is 2.84. The predicted octanol–water partition coefficient (Wildman–Crippen LogP) is 4.55. The lowest BCUT2D eigenvalue weighted by Gasteiger charge is -2.25. The number of hydrogen-bond donors (Lipinski definition) is 1. The monoisotopic (exact) mass is 426 g/mol. The first-order valence-corrected chi connectivity index (χ1v) is 11.7. The van der Waals surface area contributed by atoms with Crippen LogP contribution in [0, 0.1) is 6.92 Å². The lowest BCUT2D eigenvalue weighted by molar-refractivity contribution is -0.114. The predicted molar refractivity (Wildman–Crippen MR) is 119 cm³/mol. The molecule has 3 rings (SSSR count). The van der Waals surface area contributed by atoms with E-state index >= 15 is 0 Å². The highest BCUT2D eigenvalue weighted by Crippen LogP contribution is 2.28. The summed E-state index contributed by atoms with van der Waals surface area (Å²) in [5.41, 5.74) is 1.90. The Hall–Kier alpha value is -2.77. The smallest absolute Gasteiger partial charge is 0.264 e. The molecular formula is C22H22N2O3S2. The van der Waals surface area contributed by atoms with E-state index in [4.69, 9.17) is 0 Å². The third kappa shape index (κ3) is 4.81. The molecule has 7 heteroatoms. The van der Waals surface area contributed by atoms with Gasteiger partial charge >= 0.3 is 0 Å². The molecule has 0 atom stereocenters. The van der Waals surface area contributed by atoms with E-state index in [-0.39, 0.29) is 11.4 Å². The van der Waals surface area contributed by atoms with E-state index in [1.54, 1.807) is 36.4 Å². The van der Waals surface area contributed by atoms with Crippen LogP contribution in [0.4, 0.5) is 11.4 Å². The van der Waals surface area contributed by atoms with Gasteiger partial charge in [0.25, 0.3) is 10.0 Å². The van der Waals surface area contributed by atoms with Crippen LogP contribution in [0.5, 0.6) is 0 Å². The molecule has 3 aromatic carbocycles. The number of thioether (sulfide) groups is 1. The van der Waals surface area contributed by atoms with Gasteiger partial charge in [-0.2, -0.15) is 0 Å². The van der Waals surface area contributed by atoms with E-state index in [1.807, 2.05) is 43.5 Å². The fourth-order valence-corrected chi connectivity index (χ4v) is 4.99. The number of nitrogens with zero attached hydrogens (tertiary/aromatic N) is 1. The van der Waals surface area contributed by atoms with Crippen molar-refractivity contribution in [3.8, 4) is 0 Å². The Morgan fingerprint density at radius 1 is 0.931 bits per heavy atom. The first kappa shape index (κ1) is 21.0. The number of amides is 1. The fraction of sp³-hybridized carbons (Fsp3) is 0.136. The van der Waals surface area contributed by atoms with Crippen molar-refractivity contribution < 1.29 is 13.2 Å². The quantitative estimate of drug-likeness (QED) is 0.563. The van der Waals surface area contributed by atoms with Crippen molar-refractivity contribution >= 4 is 39.1 Å². The third-order valence-electron chi connectivity index (χ3n) is 4.38. The summed E-state index contributed by atoms with van der Waals surface area (Å²) in [6, 6.07) is 22.7. The van der Waals surface area contributed by atoms with Crippen LogP contribution in [-0.4, -0.2) is 27.1 Å². The van der Waals surface area contributed by atoms with Crippen LogP contribution in [-0.2, 0) is 14.8 Å². The molecule has 0 aromatic heterocycles. The summed E-state index contributed by atoms with van der Waals surface area (Å²) in [6.45, 7) is 1.49. The number of carbonyl (C=O) groups is 1. The van der Waals surface area contributed by atoms with Crippen molar-refractivity contribution in [3.05, 3.63) is 84.4 Å². The third-order valence-corrected chi connectivity index (χ3v) is 6.95. The van der Waals surface area contributed by atoms with Gasteiger partial charge in [0.05, 0.1) is 16.3 Å². The summed E-state index contributed by atoms with van der Waals surface area (Å²) < 4.78 is 27.8. The molecule has 150 valence electrons. The zero-order valence-electron chi connectivity index (χ0n) is 16.2. The minimum absolute atomic E-state index is 0.139. The van der Waals surface area contributed by atoms with Crippen molar-refractivity contribution in [2.75, 3.05) is 22.4 Å². The molecule has 1 amide bonds. The SMILES string of the molecule is CSc1ccccc1NC(=O)CN(c1ccccc1C)S(=O)(=O)c1ccccc1. The Labute approximate surface area is 175 Å². The average Bonchev–Trinajstić information content (AvgIpc) is 2.73. The van der Waals surface area contributed by atoms with Crippen molar-refractivity contribution in [1.29, 1.82) is 0 Å². The van der Waals surface area contributed by atoms with Gasteiger partial charge in [-0.15, -0.1) is 11.8 Å². The van der Waals surface area contributed by atoms with E-state index in [1.165, 1.54) is 23.9 Å². The van der Waals surface area contributed by atoms with Crippen LogP contribution in [0.2, 0.25) is 0 Å². The number of sulfonamides is 1. The maximum atomic E-state index is 13.3. The van der Waals surface area contributed by atoms with E-state index < -0.39 is 15.9 Å². The topological polar surface area (TPSA) is 66.5 Å². The fourth-order valence-electron chi connectivity index (χ4n) is 2.93. The summed E-state index contributed by atoms with van der Waals surface area (Å²) in [4.78, 5) is 13.9. The summed E-state index contributed by atoms with van der Waals surface area (Å²) in [5.74, 6) is -0.408. The Morgan fingerprint density at radius 2 is 1.55 bits per heavy atom. The molecule has 5 nitrogen and oxygen atoms in total. The zero-order chi connectivity index (χ0) is 20.9. The second-order valence-electron chi connectivity index (χ2n) is 6.36. The first-order valence-electron chi connectivity index (χ1n) is 9.00. The van der Waals surface area contributed by atoms with Gasteiger partial charge in [-0.25, -0.2) is 8.42 Å². The summed E-state index contributed by atoms with van der Waals surface area (Å²) in [6.07, 6.45) is 1.92. The number of aryl methyl sites for hydroxylation is 1. The molecule has 0 saturated heterocycles. The van der Waals surface area contributed by atoms with Gasteiger partial charge in [-0.05, 0) is 49.1 Å². The normalized spacial score (nSPS) is 11.1. The van der Waals surface area contributed by atoms with Gasteiger partial charge in [0.1, 0.15) is 6.54 Å². The molecule has 0 saturated carbocycles. The standard InChI is InChI=1S/C22H22N2O3S2/c1-17-10-6-8-14-20(17)24(29(26,27)18-11-4-3-5-12-18)16-22(25)23-19-13-7-9-15-21(19)28-2/h3-15H,16H2,1-2H3,(H,23,25). The van der Waals surface area contributed by atoms with E-state index in [9.17, 15) is 13.2 Å². The molecule has 3 aromatic rings. The van der Waals surface area contributed by atoms with Crippen LogP contribution in [0.25, 0.3) is 0 Å². The van der Waals surface area contributed by atoms with Gasteiger partial charge < -0.3 is 5.32 Å². The van der Waals surface area contributed by atoms with Crippen molar-refractivity contribution in [1.82, 2.24) is 0 Å². The molecule has 29 heavy (non-hydrogen) atoms. The van der Waals surface area contributed by atoms with Gasteiger partial charge in [0.2, 0.25) is 5.91 Å². The highest BCUT2D eigenvalue weighted by molar-refractivity contribution is 7.98. The number of anilines is 2. The Bertz CT molecular complexity index is 1100. The number of para-hydroxylation sites is 2.